The summed E-state index contributed by atoms with van der Waals surface area (Å²) < 4.78 is 18.3. The average Bonchev–Trinajstić information content (AvgIpc) is 2.96. The van der Waals surface area contributed by atoms with Gasteiger partial charge in [0.1, 0.15) is 11.3 Å². The van der Waals surface area contributed by atoms with Crippen LogP contribution in [0.4, 0.5) is 4.39 Å². The first-order valence-corrected chi connectivity index (χ1v) is 8.66. The minimum atomic E-state index is -0.362. The summed E-state index contributed by atoms with van der Waals surface area (Å²) >= 11 is 3.38. The number of benzene rings is 2. The molecule has 0 aliphatic heterocycles. The fourth-order valence-corrected chi connectivity index (χ4v) is 3.39. The van der Waals surface area contributed by atoms with Gasteiger partial charge in [-0.2, -0.15) is 0 Å². The predicted molar refractivity (Wildman–Crippen MR) is 98.2 cm³/mol. The van der Waals surface area contributed by atoms with E-state index in [-0.39, 0.29) is 17.9 Å². The number of halogens is 2. The van der Waals surface area contributed by atoms with Crippen molar-refractivity contribution in [2.24, 2.45) is 0 Å². The molecule has 2 heterocycles. The van der Waals surface area contributed by atoms with Crippen molar-refractivity contribution < 1.29 is 4.39 Å². The van der Waals surface area contributed by atoms with Crippen LogP contribution in [0.25, 0.3) is 21.9 Å². The molecule has 0 amide bonds. The van der Waals surface area contributed by atoms with Gasteiger partial charge in [-0.3, -0.25) is 9.36 Å². The van der Waals surface area contributed by atoms with E-state index in [2.05, 4.69) is 25.9 Å². The van der Waals surface area contributed by atoms with E-state index in [1.54, 1.807) is 18.2 Å². The predicted octanol–water partition coefficient (Wildman–Crippen LogP) is 3.72. The van der Waals surface area contributed by atoms with Gasteiger partial charge in [-0.25, -0.2) is 14.4 Å². The Bertz CT molecular complexity index is 1170. The summed E-state index contributed by atoms with van der Waals surface area (Å²) in [6, 6.07) is 10.3. The molecular weight excluding hydrogens is 387 g/mol. The molecule has 0 bridgehead atoms. The Labute approximate surface area is 150 Å². The molecule has 2 aromatic heterocycles. The van der Waals surface area contributed by atoms with Gasteiger partial charge in [-0.1, -0.05) is 22.0 Å². The summed E-state index contributed by atoms with van der Waals surface area (Å²) in [6.07, 6.45) is 1.51. The summed E-state index contributed by atoms with van der Waals surface area (Å²) in [5, 5.41) is 0.530. The lowest BCUT2D eigenvalue weighted by molar-refractivity contribution is 0.635. The number of imidazole rings is 1. The van der Waals surface area contributed by atoms with Gasteiger partial charge in [0.25, 0.3) is 5.56 Å². The van der Waals surface area contributed by atoms with Gasteiger partial charge in [-0.15, -0.1) is 0 Å². The Morgan fingerprint density at radius 3 is 2.88 bits per heavy atom. The highest BCUT2D eigenvalue weighted by molar-refractivity contribution is 9.10. The quantitative estimate of drug-likeness (QED) is 0.526. The zero-order chi connectivity index (χ0) is 17.6. The summed E-state index contributed by atoms with van der Waals surface area (Å²) in [5.41, 5.74) is 1.53. The number of aryl methyl sites for hydroxylation is 1. The highest BCUT2D eigenvalue weighted by Crippen LogP contribution is 2.20. The molecular formula is C18H14BrFN4O. The van der Waals surface area contributed by atoms with E-state index >= 15 is 0 Å². The Balaban J connectivity index is 1.87. The van der Waals surface area contributed by atoms with Crippen molar-refractivity contribution in [1.29, 1.82) is 0 Å². The van der Waals surface area contributed by atoms with Gasteiger partial charge >= 0.3 is 0 Å². The van der Waals surface area contributed by atoms with E-state index in [1.165, 1.54) is 17.0 Å². The molecule has 2 aromatic carbocycles. The van der Waals surface area contributed by atoms with Crippen LogP contribution in [0.3, 0.4) is 0 Å². The number of hydrogen-bond donors (Lipinski definition) is 0. The number of para-hydroxylation sites is 1. The van der Waals surface area contributed by atoms with Crippen LogP contribution in [0, 0.1) is 5.82 Å². The topological polar surface area (TPSA) is 52.7 Å². The van der Waals surface area contributed by atoms with Crippen LogP contribution in [0.15, 0.2) is 52.0 Å². The third-order valence-corrected chi connectivity index (χ3v) is 4.72. The highest BCUT2D eigenvalue weighted by atomic mass is 79.9. The van der Waals surface area contributed by atoms with Gasteiger partial charge in [0.15, 0.2) is 5.82 Å². The molecule has 0 aliphatic carbocycles. The summed E-state index contributed by atoms with van der Waals surface area (Å²) in [4.78, 5) is 21.5. The van der Waals surface area contributed by atoms with Crippen molar-refractivity contribution in [3.8, 4) is 0 Å². The van der Waals surface area contributed by atoms with Gasteiger partial charge in [-0.05, 0) is 37.3 Å². The molecule has 7 heteroatoms. The first-order chi connectivity index (χ1) is 12.1. The summed E-state index contributed by atoms with van der Waals surface area (Å²) in [5.74, 6) is 0.264. The molecule has 25 heavy (non-hydrogen) atoms. The molecule has 126 valence electrons. The van der Waals surface area contributed by atoms with E-state index in [1.807, 2.05) is 23.6 Å². The molecule has 5 nitrogen and oxygen atoms in total. The van der Waals surface area contributed by atoms with Crippen molar-refractivity contribution in [3.63, 3.8) is 0 Å². The van der Waals surface area contributed by atoms with E-state index in [0.29, 0.717) is 28.8 Å². The number of fused-ring (bicyclic) bond motifs is 2. The normalized spacial score (nSPS) is 11.5. The minimum absolute atomic E-state index is 0.151. The van der Waals surface area contributed by atoms with Gasteiger partial charge in [0.05, 0.1) is 29.3 Å². The smallest absolute Gasteiger partial charge is 0.261 e. The summed E-state index contributed by atoms with van der Waals surface area (Å²) in [7, 11) is 0. The third-order valence-electron chi connectivity index (χ3n) is 4.22. The maximum absolute atomic E-state index is 14.0. The average molecular weight is 401 g/mol. The van der Waals surface area contributed by atoms with E-state index in [4.69, 9.17) is 0 Å². The molecule has 0 fully saturated rings. The first kappa shape index (κ1) is 16.0. The molecule has 0 unspecified atom stereocenters. The molecule has 4 aromatic rings. The van der Waals surface area contributed by atoms with Crippen molar-refractivity contribution in [2.45, 2.75) is 20.0 Å². The van der Waals surface area contributed by atoms with Gasteiger partial charge < -0.3 is 4.57 Å². The van der Waals surface area contributed by atoms with E-state index in [0.717, 1.165) is 9.99 Å². The monoisotopic (exact) mass is 400 g/mol. The second kappa shape index (κ2) is 6.07. The van der Waals surface area contributed by atoms with Crippen LogP contribution in [-0.2, 0) is 13.1 Å². The Hall–Kier alpha value is -2.54. The molecule has 0 aliphatic rings. The lowest BCUT2D eigenvalue weighted by atomic mass is 10.2. The van der Waals surface area contributed by atoms with Crippen LogP contribution in [0.2, 0.25) is 0 Å². The third kappa shape index (κ3) is 2.64. The molecule has 0 atom stereocenters. The maximum atomic E-state index is 14.0. The van der Waals surface area contributed by atoms with Crippen molar-refractivity contribution in [3.05, 3.63) is 69.2 Å². The molecule has 0 saturated heterocycles. The lowest BCUT2D eigenvalue weighted by Crippen LogP contribution is -2.22. The SMILES string of the molecule is CCn1c(Cn2cnc3ccc(Br)cc3c2=O)nc2c(F)cccc21. The lowest BCUT2D eigenvalue weighted by Gasteiger charge is -2.09. The number of rotatable bonds is 3. The van der Waals surface area contributed by atoms with Crippen molar-refractivity contribution in [1.82, 2.24) is 19.1 Å². The van der Waals surface area contributed by atoms with Crippen molar-refractivity contribution >= 4 is 37.9 Å². The number of aromatic nitrogens is 4. The van der Waals surface area contributed by atoms with Crippen LogP contribution in [0.5, 0.6) is 0 Å². The van der Waals surface area contributed by atoms with Crippen molar-refractivity contribution in [2.75, 3.05) is 0 Å². The standard InChI is InChI=1S/C18H14BrFN4O/c1-2-24-15-5-3-4-13(20)17(15)22-16(24)9-23-10-21-14-7-6-11(19)8-12(14)18(23)25/h3-8,10H,2,9H2,1H3. The molecule has 0 saturated carbocycles. The zero-order valence-corrected chi connectivity index (χ0v) is 15.0. The Kier molecular flexibility index (Phi) is 3.88. The fraction of sp³-hybridized carbons (Fsp3) is 0.167. The van der Waals surface area contributed by atoms with Gasteiger partial charge in [0, 0.05) is 11.0 Å². The number of nitrogens with zero attached hydrogens (tertiary/aromatic N) is 4. The van der Waals surface area contributed by atoms with Crippen LogP contribution < -0.4 is 5.56 Å². The summed E-state index contributed by atoms with van der Waals surface area (Å²) in [6.45, 7) is 2.83. The zero-order valence-electron chi connectivity index (χ0n) is 13.4. The second-order valence-electron chi connectivity index (χ2n) is 5.72. The molecule has 0 N–H and O–H groups in total. The Morgan fingerprint density at radius 2 is 2.08 bits per heavy atom. The minimum Gasteiger partial charge on any atom is -0.327 e. The highest BCUT2D eigenvalue weighted by Gasteiger charge is 2.14. The number of hydrogen-bond acceptors (Lipinski definition) is 3. The first-order valence-electron chi connectivity index (χ1n) is 7.87. The molecule has 0 radical (unpaired) electrons. The van der Waals surface area contributed by atoms with Crippen LogP contribution >= 0.6 is 15.9 Å². The van der Waals surface area contributed by atoms with E-state index < -0.39 is 0 Å². The molecule has 0 spiro atoms. The molecule has 4 rings (SSSR count). The Morgan fingerprint density at radius 1 is 1.24 bits per heavy atom. The van der Waals surface area contributed by atoms with Crippen LogP contribution in [-0.4, -0.2) is 19.1 Å². The van der Waals surface area contributed by atoms with Crippen LogP contribution in [0.1, 0.15) is 12.7 Å². The maximum Gasteiger partial charge on any atom is 0.261 e. The van der Waals surface area contributed by atoms with Gasteiger partial charge in [0.2, 0.25) is 0 Å². The fourth-order valence-electron chi connectivity index (χ4n) is 3.03. The van der Waals surface area contributed by atoms with E-state index in [9.17, 15) is 9.18 Å². The largest absolute Gasteiger partial charge is 0.327 e. The second-order valence-corrected chi connectivity index (χ2v) is 6.63.